The second-order valence-electron chi connectivity index (χ2n) is 6.95. The standard InChI is InChI=1S/C19H23N3/c1-2-4-17(5-3-1)12-21-11-8-19(14-21)15-22(16-19)13-18-6-9-20-10-7-18/h1-7,9-10H,8,11-16H2. The number of hydrogen-bond acceptors (Lipinski definition) is 3. The highest BCUT2D eigenvalue weighted by atomic mass is 15.3. The molecule has 114 valence electrons. The molecule has 3 heterocycles. The average Bonchev–Trinajstić information content (AvgIpc) is 2.93. The summed E-state index contributed by atoms with van der Waals surface area (Å²) in [4.78, 5) is 9.29. The molecule has 2 aliphatic rings. The molecule has 3 nitrogen and oxygen atoms in total. The lowest BCUT2D eigenvalue weighted by Gasteiger charge is -2.48. The first kappa shape index (κ1) is 13.9. The topological polar surface area (TPSA) is 19.4 Å². The van der Waals surface area contributed by atoms with Gasteiger partial charge in [0, 0.05) is 50.5 Å². The van der Waals surface area contributed by atoms with Gasteiger partial charge in [-0.15, -0.1) is 0 Å². The quantitative estimate of drug-likeness (QED) is 0.864. The van der Waals surface area contributed by atoms with Gasteiger partial charge >= 0.3 is 0 Å². The molecule has 0 radical (unpaired) electrons. The van der Waals surface area contributed by atoms with Crippen molar-refractivity contribution in [3.8, 4) is 0 Å². The molecule has 1 spiro atoms. The van der Waals surface area contributed by atoms with Crippen LogP contribution in [-0.2, 0) is 13.1 Å². The van der Waals surface area contributed by atoms with Crippen LogP contribution < -0.4 is 0 Å². The third-order valence-electron chi connectivity index (χ3n) is 5.04. The van der Waals surface area contributed by atoms with E-state index in [4.69, 9.17) is 0 Å². The number of benzene rings is 1. The summed E-state index contributed by atoms with van der Waals surface area (Å²) < 4.78 is 0. The Bertz CT molecular complexity index is 605. The molecule has 0 N–H and O–H groups in total. The Morgan fingerprint density at radius 2 is 1.45 bits per heavy atom. The van der Waals surface area contributed by atoms with Gasteiger partial charge < -0.3 is 0 Å². The molecule has 2 saturated heterocycles. The van der Waals surface area contributed by atoms with Gasteiger partial charge in [0.2, 0.25) is 0 Å². The summed E-state index contributed by atoms with van der Waals surface area (Å²) in [7, 11) is 0. The van der Waals surface area contributed by atoms with Gasteiger partial charge in [-0.25, -0.2) is 0 Å². The molecule has 1 aromatic carbocycles. The van der Waals surface area contributed by atoms with Gasteiger partial charge in [0.25, 0.3) is 0 Å². The van der Waals surface area contributed by atoms with Crippen LogP contribution in [0.1, 0.15) is 17.5 Å². The minimum atomic E-state index is 0.557. The first-order chi connectivity index (χ1) is 10.8. The minimum absolute atomic E-state index is 0.557. The zero-order chi connectivity index (χ0) is 14.8. The van der Waals surface area contributed by atoms with Gasteiger partial charge in [0.15, 0.2) is 0 Å². The summed E-state index contributed by atoms with van der Waals surface area (Å²) in [5.41, 5.74) is 3.37. The Morgan fingerprint density at radius 3 is 2.23 bits per heavy atom. The molecule has 0 saturated carbocycles. The lowest BCUT2D eigenvalue weighted by molar-refractivity contribution is 0.00159. The van der Waals surface area contributed by atoms with Crippen molar-refractivity contribution >= 4 is 0 Å². The Morgan fingerprint density at radius 1 is 0.818 bits per heavy atom. The van der Waals surface area contributed by atoms with E-state index in [0.717, 1.165) is 13.1 Å². The van der Waals surface area contributed by atoms with Crippen molar-refractivity contribution in [1.82, 2.24) is 14.8 Å². The molecule has 22 heavy (non-hydrogen) atoms. The van der Waals surface area contributed by atoms with Crippen molar-refractivity contribution in [2.24, 2.45) is 5.41 Å². The Labute approximate surface area is 132 Å². The van der Waals surface area contributed by atoms with E-state index in [0.29, 0.717) is 5.41 Å². The van der Waals surface area contributed by atoms with Crippen LogP contribution in [0.2, 0.25) is 0 Å². The molecular formula is C19H23N3. The highest BCUT2D eigenvalue weighted by molar-refractivity contribution is 5.16. The van der Waals surface area contributed by atoms with Crippen LogP contribution in [0.5, 0.6) is 0 Å². The van der Waals surface area contributed by atoms with Crippen LogP contribution in [0, 0.1) is 5.41 Å². The maximum absolute atomic E-state index is 4.09. The third-order valence-corrected chi connectivity index (χ3v) is 5.04. The third kappa shape index (κ3) is 2.92. The Balaban J connectivity index is 1.29. The number of pyridine rings is 1. The summed E-state index contributed by atoms with van der Waals surface area (Å²) >= 11 is 0. The largest absolute Gasteiger partial charge is 0.298 e. The van der Waals surface area contributed by atoms with Gasteiger partial charge in [0.1, 0.15) is 0 Å². The van der Waals surface area contributed by atoms with Crippen molar-refractivity contribution in [3.63, 3.8) is 0 Å². The van der Waals surface area contributed by atoms with Gasteiger partial charge in [-0.1, -0.05) is 30.3 Å². The molecule has 1 aromatic heterocycles. The van der Waals surface area contributed by atoms with Crippen LogP contribution in [0.3, 0.4) is 0 Å². The molecule has 2 aromatic rings. The highest BCUT2D eigenvalue weighted by Gasteiger charge is 2.47. The molecule has 4 rings (SSSR count). The predicted octanol–water partition coefficient (Wildman–Crippen LogP) is 2.79. The van der Waals surface area contributed by atoms with Crippen molar-refractivity contribution in [3.05, 3.63) is 66.0 Å². The first-order valence-electron chi connectivity index (χ1n) is 8.19. The number of hydrogen-bond donors (Lipinski definition) is 0. The van der Waals surface area contributed by atoms with Crippen LogP contribution in [0.25, 0.3) is 0 Å². The predicted molar refractivity (Wildman–Crippen MR) is 88.3 cm³/mol. The lowest BCUT2D eigenvalue weighted by Crippen LogP contribution is -2.56. The molecule has 0 atom stereocenters. The van der Waals surface area contributed by atoms with E-state index in [1.54, 1.807) is 0 Å². The molecule has 2 aliphatic heterocycles. The summed E-state index contributed by atoms with van der Waals surface area (Å²) in [6.45, 7) is 7.18. The van der Waals surface area contributed by atoms with E-state index in [2.05, 4.69) is 57.2 Å². The Hall–Kier alpha value is -1.71. The van der Waals surface area contributed by atoms with E-state index < -0.39 is 0 Å². The van der Waals surface area contributed by atoms with E-state index in [-0.39, 0.29) is 0 Å². The number of rotatable bonds is 4. The van der Waals surface area contributed by atoms with Crippen LogP contribution in [-0.4, -0.2) is 41.0 Å². The average molecular weight is 293 g/mol. The highest BCUT2D eigenvalue weighted by Crippen LogP contribution is 2.40. The fourth-order valence-electron chi connectivity index (χ4n) is 4.02. The number of likely N-dealkylation sites (tertiary alicyclic amines) is 2. The minimum Gasteiger partial charge on any atom is -0.298 e. The van der Waals surface area contributed by atoms with Crippen molar-refractivity contribution < 1.29 is 0 Å². The van der Waals surface area contributed by atoms with E-state index in [1.165, 1.54) is 43.7 Å². The van der Waals surface area contributed by atoms with Gasteiger partial charge in [0.05, 0.1) is 0 Å². The molecular weight excluding hydrogens is 270 g/mol. The van der Waals surface area contributed by atoms with Gasteiger partial charge in [-0.05, 0) is 36.2 Å². The van der Waals surface area contributed by atoms with Crippen LogP contribution in [0.4, 0.5) is 0 Å². The summed E-state index contributed by atoms with van der Waals surface area (Å²) in [6, 6.07) is 15.1. The Kier molecular flexibility index (Phi) is 3.68. The molecule has 0 unspecified atom stereocenters. The molecule has 2 fully saturated rings. The zero-order valence-corrected chi connectivity index (χ0v) is 13.0. The monoisotopic (exact) mass is 293 g/mol. The fourth-order valence-corrected chi connectivity index (χ4v) is 4.02. The summed E-state index contributed by atoms with van der Waals surface area (Å²) in [6.07, 6.45) is 5.14. The molecule has 3 heteroatoms. The molecule has 0 bridgehead atoms. The SMILES string of the molecule is c1ccc(CN2CCC3(C2)CN(Cc2ccncc2)C3)cc1. The lowest BCUT2D eigenvalue weighted by atomic mass is 9.79. The summed E-state index contributed by atoms with van der Waals surface area (Å²) in [5.74, 6) is 0. The zero-order valence-electron chi connectivity index (χ0n) is 13.0. The molecule has 0 amide bonds. The first-order valence-corrected chi connectivity index (χ1v) is 8.19. The maximum Gasteiger partial charge on any atom is 0.0271 e. The van der Waals surface area contributed by atoms with E-state index >= 15 is 0 Å². The van der Waals surface area contributed by atoms with E-state index in [1.807, 2.05) is 12.4 Å². The van der Waals surface area contributed by atoms with Crippen molar-refractivity contribution in [2.45, 2.75) is 19.5 Å². The van der Waals surface area contributed by atoms with Crippen LogP contribution >= 0.6 is 0 Å². The molecule has 0 aliphatic carbocycles. The van der Waals surface area contributed by atoms with E-state index in [9.17, 15) is 0 Å². The maximum atomic E-state index is 4.09. The smallest absolute Gasteiger partial charge is 0.0271 e. The fraction of sp³-hybridized carbons (Fsp3) is 0.421. The van der Waals surface area contributed by atoms with Gasteiger partial charge in [-0.3, -0.25) is 14.8 Å². The second kappa shape index (κ2) is 5.82. The van der Waals surface area contributed by atoms with Crippen molar-refractivity contribution in [1.29, 1.82) is 0 Å². The van der Waals surface area contributed by atoms with Crippen LogP contribution in [0.15, 0.2) is 54.9 Å². The summed E-state index contributed by atoms with van der Waals surface area (Å²) in [5, 5.41) is 0. The number of aromatic nitrogens is 1. The van der Waals surface area contributed by atoms with Gasteiger partial charge in [-0.2, -0.15) is 0 Å². The van der Waals surface area contributed by atoms with Crippen molar-refractivity contribution in [2.75, 3.05) is 26.2 Å². The number of nitrogens with zero attached hydrogens (tertiary/aromatic N) is 3. The normalized spacial score (nSPS) is 21.1. The second-order valence-corrected chi connectivity index (χ2v) is 6.95.